The van der Waals surface area contributed by atoms with Crippen molar-refractivity contribution in [1.29, 1.82) is 5.26 Å². The highest BCUT2D eigenvalue weighted by Gasteiger charge is 2.40. The van der Waals surface area contributed by atoms with Crippen molar-refractivity contribution in [2.45, 2.75) is 36.9 Å². The quantitative estimate of drug-likeness (QED) is 0.298. The van der Waals surface area contributed by atoms with Crippen LogP contribution < -0.4 is 0 Å². The van der Waals surface area contributed by atoms with Crippen LogP contribution in [-0.2, 0) is 16.6 Å². The number of benzene rings is 2. The van der Waals surface area contributed by atoms with Gasteiger partial charge in [0, 0.05) is 45.7 Å². The highest BCUT2D eigenvalue weighted by atomic mass is 79.9. The van der Waals surface area contributed by atoms with Crippen LogP contribution in [-0.4, -0.2) is 41.2 Å². The van der Waals surface area contributed by atoms with Crippen LogP contribution in [0, 0.1) is 21.6 Å². The second kappa shape index (κ2) is 9.01. The number of hydrogen-bond donors (Lipinski definition) is 0. The third-order valence-electron chi connectivity index (χ3n) is 5.08. The molecule has 2 aromatic carbocycles. The summed E-state index contributed by atoms with van der Waals surface area (Å²) in [5.74, 6) is 0. The van der Waals surface area contributed by atoms with Gasteiger partial charge in [0.2, 0.25) is 10.0 Å². The van der Waals surface area contributed by atoms with Crippen molar-refractivity contribution in [2.24, 2.45) is 0 Å². The molecule has 0 N–H and O–H groups in total. The summed E-state index contributed by atoms with van der Waals surface area (Å²) >= 11 is 6.61. The van der Waals surface area contributed by atoms with Gasteiger partial charge in [0.05, 0.1) is 9.82 Å². The zero-order chi connectivity index (χ0) is 22.1. The molecule has 0 bridgehead atoms. The second-order valence-corrected chi connectivity index (χ2v) is 10.6. The summed E-state index contributed by atoms with van der Waals surface area (Å²) in [4.78, 5) is 12.5. The molecular formula is C19H18Br2N4O4S. The first-order valence-electron chi connectivity index (χ1n) is 9.00. The molecule has 0 radical (unpaired) electrons. The van der Waals surface area contributed by atoms with Crippen LogP contribution in [0.4, 0.5) is 5.69 Å². The van der Waals surface area contributed by atoms with Gasteiger partial charge in [-0.15, -0.1) is 0 Å². The molecule has 1 aliphatic heterocycles. The predicted molar refractivity (Wildman–Crippen MR) is 118 cm³/mol. The Hall–Kier alpha value is -2.00. The molecule has 1 aliphatic rings. The van der Waals surface area contributed by atoms with Crippen LogP contribution in [0.25, 0.3) is 0 Å². The van der Waals surface area contributed by atoms with Crippen LogP contribution in [0.2, 0.25) is 0 Å². The maximum atomic E-state index is 13.7. The molecule has 1 fully saturated rings. The van der Waals surface area contributed by atoms with Crippen LogP contribution >= 0.6 is 31.9 Å². The zero-order valence-corrected chi connectivity index (χ0v) is 19.9. The van der Waals surface area contributed by atoms with Crippen LogP contribution in [0.5, 0.6) is 0 Å². The molecular weight excluding hydrogens is 540 g/mol. The molecule has 3 rings (SSSR count). The molecule has 0 amide bonds. The minimum Gasteiger partial charge on any atom is -0.306 e. The fraction of sp³-hybridized carbons (Fsp3) is 0.316. The van der Waals surface area contributed by atoms with Crippen LogP contribution in [0.1, 0.15) is 18.9 Å². The van der Waals surface area contributed by atoms with E-state index in [0.29, 0.717) is 20.9 Å². The topological polar surface area (TPSA) is 108 Å². The maximum Gasteiger partial charge on any atom is 0.273 e. The predicted octanol–water partition coefficient (Wildman–Crippen LogP) is 4.25. The number of sulfonamides is 1. The summed E-state index contributed by atoms with van der Waals surface area (Å²) in [5, 5.41) is 20.8. The molecule has 0 saturated carbocycles. The summed E-state index contributed by atoms with van der Waals surface area (Å²) in [5.41, 5.74) is 0.148. The molecule has 0 spiro atoms. The van der Waals surface area contributed by atoms with E-state index in [1.54, 1.807) is 30.3 Å². The molecule has 11 heteroatoms. The first kappa shape index (κ1) is 22.7. The Morgan fingerprint density at radius 1 is 1.30 bits per heavy atom. The third-order valence-corrected chi connectivity index (χ3v) is 8.47. The van der Waals surface area contributed by atoms with Crippen molar-refractivity contribution in [3.05, 3.63) is 67.1 Å². The molecule has 0 aliphatic carbocycles. The van der Waals surface area contributed by atoms with E-state index in [1.165, 1.54) is 21.3 Å². The Morgan fingerprint density at radius 3 is 2.63 bits per heavy atom. The highest BCUT2D eigenvalue weighted by Crippen LogP contribution is 2.34. The summed E-state index contributed by atoms with van der Waals surface area (Å²) in [6.45, 7) is 1.91. The lowest BCUT2D eigenvalue weighted by Crippen LogP contribution is -2.41. The minimum absolute atomic E-state index is 0.0542. The van der Waals surface area contributed by atoms with E-state index in [1.807, 2.05) is 6.92 Å². The normalized spacial score (nSPS) is 19.1. The lowest BCUT2D eigenvalue weighted by atomic mass is 10.1. The summed E-state index contributed by atoms with van der Waals surface area (Å²) in [6.07, 6.45) is 2.53. The van der Waals surface area contributed by atoms with Gasteiger partial charge in [-0.05, 0) is 47.5 Å². The Kier molecular flexibility index (Phi) is 6.81. The van der Waals surface area contributed by atoms with Gasteiger partial charge in [-0.25, -0.2) is 8.42 Å². The van der Waals surface area contributed by atoms with Gasteiger partial charge >= 0.3 is 0 Å². The standard InChI is InChI=1S/C19H18Br2N4O4S/c1-13-8-16(11-23(13)12-22)24(10-14-4-2-3-5-18(14)25(26)27)30(28,29)19-9-15(20)6-7-17(19)21/h2-7,9,13,16H,8,10-11H2,1H3/t13-,16-/m0/s1. The monoisotopic (exact) mass is 556 g/mol. The molecule has 0 unspecified atom stereocenters. The van der Waals surface area contributed by atoms with Crippen LogP contribution in [0.15, 0.2) is 56.3 Å². The van der Waals surface area contributed by atoms with Crippen molar-refractivity contribution in [3.63, 3.8) is 0 Å². The second-order valence-electron chi connectivity index (χ2n) is 7.00. The maximum absolute atomic E-state index is 13.7. The summed E-state index contributed by atoms with van der Waals surface area (Å²) < 4.78 is 29.6. The molecule has 8 nitrogen and oxygen atoms in total. The number of hydrogen-bond acceptors (Lipinski definition) is 6. The number of nitro benzene ring substituents is 1. The Bertz CT molecular complexity index is 1120. The van der Waals surface area contributed by atoms with E-state index in [0.717, 1.165) is 0 Å². The number of nitriles is 1. The molecule has 0 aromatic heterocycles. The van der Waals surface area contributed by atoms with E-state index < -0.39 is 21.0 Å². The van der Waals surface area contributed by atoms with Crippen LogP contribution in [0.3, 0.4) is 0 Å². The van der Waals surface area contributed by atoms with Gasteiger partial charge in [-0.3, -0.25) is 10.1 Å². The van der Waals surface area contributed by atoms with E-state index in [9.17, 15) is 23.8 Å². The van der Waals surface area contributed by atoms with E-state index >= 15 is 0 Å². The van der Waals surface area contributed by atoms with Gasteiger partial charge in [0.15, 0.2) is 6.19 Å². The van der Waals surface area contributed by atoms with E-state index in [4.69, 9.17) is 0 Å². The van der Waals surface area contributed by atoms with Crippen molar-refractivity contribution < 1.29 is 13.3 Å². The summed E-state index contributed by atoms with van der Waals surface area (Å²) in [6, 6.07) is 10.3. The fourth-order valence-corrected chi connectivity index (χ4v) is 6.62. The van der Waals surface area contributed by atoms with Crippen molar-refractivity contribution in [2.75, 3.05) is 6.54 Å². The van der Waals surface area contributed by atoms with Gasteiger partial charge in [0.1, 0.15) is 0 Å². The van der Waals surface area contributed by atoms with E-state index in [2.05, 4.69) is 38.1 Å². The number of rotatable bonds is 6. The molecule has 30 heavy (non-hydrogen) atoms. The number of halogens is 2. The van der Waals surface area contributed by atoms with Crippen molar-refractivity contribution >= 4 is 47.6 Å². The Balaban J connectivity index is 2.10. The Labute approximate surface area is 191 Å². The first-order chi connectivity index (χ1) is 14.1. The fourth-order valence-electron chi connectivity index (χ4n) is 3.55. The van der Waals surface area contributed by atoms with E-state index in [-0.39, 0.29) is 29.7 Å². The van der Waals surface area contributed by atoms with Gasteiger partial charge < -0.3 is 4.90 Å². The number of likely N-dealkylation sites (tertiary alicyclic amines) is 1. The third kappa shape index (κ3) is 4.51. The minimum atomic E-state index is -4.04. The molecule has 158 valence electrons. The highest BCUT2D eigenvalue weighted by molar-refractivity contribution is 9.11. The van der Waals surface area contributed by atoms with Gasteiger partial charge in [-0.2, -0.15) is 9.57 Å². The van der Waals surface area contributed by atoms with Gasteiger partial charge in [0.25, 0.3) is 5.69 Å². The molecule has 1 saturated heterocycles. The number of nitrogens with zero attached hydrogens (tertiary/aromatic N) is 4. The summed E-state index contributed by atoms with van der Waals surface area (Å²) in [7, 11) is -4.04. The van der Waals surface area contributed by atoms with Gasteiger partial charge in [-0.1, -0.05) is 34.1 Å². The lowest BCUT2D eigenvalue weighted by molar-refractivity contribution is -0.385. The first-order valence-corrected chi connectivity index (χ1v) is 12.0. The molecule has 2 aromatic rings. The average Bonchev–Trinajstić information content (AvgIpc) is 3.08. The zero-order valence-electron chi connectivity index (χ0n) is 15.9. The number of nitro groups is 1. The SMILES string of the molecule is C[C@H]1C[C@H](N(Cc2ccccc2[N+](=O)[O-])S(=O)(=O)c2cc(Br)ccc2Br)CN1C#N. The molecule has 2 atom stereocenters. The smallest absolute Gasteiger partial charge is 0.273 e. The average molecular weight is 558 g/mol. The van der Waals surface area contributed by atoms with Crippen molar-refractivity contribution in [3.8, 4) is 6.19 Å². The van der Waals surface area contributed by atoms with Crippen molar-refractivity contribution in [1.82, 2.24) is 9.21 Å². The Morgan fingerprint density at radius 2 is 2.00 bits per heavy atom. The largest absolute Gasteiger partial charge is 0.306 e. The molecule has 1 heterocycles. The number of para-hydroxylation sites is 1. The lowest BCUT2D eigenvalue weighted by Gasteiger charge is -2.28.